The Balaban J connectivity index is 1.19. The largest absolute Gasteiger partial charge is 0.497 e. The molecule has 0 unspecified atom stereocenters. The fraction of sp³-hybridized carbons (Fsp3) is 0.385. The highest BCUT2D eigenvalue weighted by Gasteiger charge is 2.23. The van der Waals surface area contributed by atoms with Crippen LogP contribution >= 0.6 is 0 Å². The zero-order chi connectivity index (χ0) is 22.6. The van der Waals surface area contributed by atoms with E-state index in [1.165, 1.54) is 22.5 Å². The standard InChI is InChI=1S/C26H31N5O2/c1-32-23-8-6-20(7-9-23)18-29-11-10-25-21(19-29)17-27-26(28-25)31-14-12-30(13-15-31)22-4-3-5-24(16-22)33-2/h3-9,16-17H,10-15,18-19H2,1-2H3. The van der Waals surface area contributed by atoms with Gasteiger partial charge in [-0.3, -0.25) is 4.90 Å². The van der Waals surface area contributed by atoms with Crippen molar-refractivity contribution in [2.24, 2.45) is 0 Å². The maximum absolute atomic E-state index is 5.37. The summed E-state index contributed by atoms with van der Waals surface area (Å²) in [5, 5.41) is 0. The number of hydrogen-bond donors (Lipinski definition) is 0. The van der Waals surface area contributed by atoms with Gasteiger partial charge in [0.25, 0.3) is 0 Å². The second-order valence-electron chi connectivity index (χ2n) is 8.63. The van der Waals surface area contributed by atoms with Gasteiger partial charge in [-0.1, -0.05) is 18.2 Å². The Hall–Kier alpha value is -3.32. The van der Waals surface area contributed by atoms with Crippen LogP contribution in [0.2, 0.25) is 0 Å². The quantitative estimate of drug-likeness (QED) is 0.577. The number of nitrogens with zero attached hydrogens (tertiary/aromatic N) is 5. The summed E-state index contributed by atoms with van der Waals surface area (Å²) in [6.45, 7) is 6.56. The Morgan fingerprint density at radius 1 is 0.848 bits per heavy atom. The summed E-state index contributed by atoms with van der Waals surface area (Å²) < 4.78 is 10.6. The molecular weight excluding hydrogens is 414 g/mol. The van der Waals surface area contributed by atoms with Gasteiger partial charge < -0.3 is 19.3 Å². The van der Waals surface area contributed by atoms with Gasteiger partial charge in [-0.15, -0.1) is 0 Å². The van der Waals surface area contributed by atoms with E-state index in [9.17, 15) is 0 Å². The smallest absolute Gasteiger partial charge is 0.225 e. The zero-order valence-corrected chi connectivity index (χ0v) is 19.4. The SMILES string of the molecule is COc1ccc(CN2CCc3nc(N4CCN(c5cccc(OC)c5)CC4)ncc3C2)cc1. The average molecular weight is 446 g/mol. The Morgan fingerprint density at radius 2 is 1.61 bits per heavy atom. The molecule has 5 rings (SSSR count). The lowest BCUT2D eigenvalue weighted by molar-refractivity contribution is 0.243. The molecule has 0 atom stereocenters. The minimum absolute atomic E-state index is 0.864. The van der Waals surface area contributed by atoms with Gasteiger partial charge in [0.2, 0.25) is 5.95 Å². The predicted molar refractivity (Wildman–Crippen MR) is 130 cm³/mol. The lowest BCUT2D eigenvalue weighted by Gasteiger charge is -2.36. The van der Waals surface area contributed by atoms with Crippen molar-refractivity contribution in [3.05, 3.63) is 71.5 Å². The summed E-state index contributed by atoms with van der Waals surface area (Å²) in [6, 6.07) is 16.6. The van der Waals surface area contributed by atoms with Crippen LogP contribution in [-0.4, -0.2) is 61.8 Å². The van der Waals surface area contributed by atoms with E-state index in [1.807, 2.05) is 30.5 Å². The van der Waals surface area contributed by atoms with Crippen LogP contribution in [0.15, 0.2) is 54.7 Å². The molecule has 0 spiro atoms. The van der Waals surface area contributed by atoms with Crippen LogP contribution < -0.4 is 19.3 Å². The maximum atomic E-state index is 5.37. The fourth-order valence-electron chi connectivity index (χ4n) is 4.61. The van der Waals surface area contributed by atoms with Crippen molar-refractivity contribution >= 4 is 11.6 Å². The minimum Gasteiger partial charge on any atom is -0.497 e. The summed E-state index contributed by atoms with van der Waals surface area (Å²) in [4.78, 5) is 16.9. The number of benzene rings is 2. The molecule has 0 amide bonds. The Bertz CT molecular complexity index is 1080. The van der Waals surface area contributed by atoms with Crippen molar-refractivity contribution in [3.63, 3.8) is 0 Å². The van der Waals surface area contributed by atoms with Crippen molar-refractivity contribution in [2.75, 3.05) is 56.7 Å². The minimum atomic E-state index is 0.864. The molecule has 1 saturated heterocycles. The third-order valence-electron chi connectivity index (χ3n) is 6.55. The molecule has 1 aromatic heterocycles. The van der Waals surface area contributed by atoms with E-state index in [1.54, 1.807) is 14.2 Å². The number of ether oxygens (including phenoxy) is 2. The second kappa shape index (κ2) is 9.67. The molecule has 7 heteroatoms. The average Bonchev–Trinajstić information content (AvgIpc) is 2.89. The molecule has 33 heavy (non-hydrogen) atoms. The molecule has 0 N–H and O–H groups in total. The van der Waals surface area contributed by atoms with Crippen LogP contribution in [0.3, 0.4) is 0 Å². The molecule has 172 valence electrons. The molecule has 2 aliphatic heterocycles. The Morgan fingerprint density at radius 3 is 2.36 bits per heavy atom. The predicted octanol–water partition coefficient (Wildman–Crippen LogP) is 3.38. The topological polar surface area (TPSA) is 54.0 Å². The number of hydrogen-bond acceptors (Lipinski definition) is 7. The summed E-state index contributed by atoms with van der Waals surface area (Å²) in [6.07, 6.45) is 3.00. The maximum Gasteiger partial charge on any atom is 0.225 e. The van der Waals surface area contributed by atoms with Crippen LogP contribution in [0.25, 0.3) is 0 Å². The van der Waals surface area contributed by atoms with Crippen LogP contribution in [-0.2, 0) is 19.5 Å². The normalized spacial score (nSPS) is 16.4. The molecule has 0 saturated carbocycles. The summed E-state index contributed by atoms with van der Waals surface area (Å²) in [7, 11) is 3.41. The first-order valence-electron chi connectivity index (χ1n) is 11.6. The van der Waals surface area contributed by atoms with E-state index in [-0.39, 0.29) is 0 Å². The van der Waals surface area contributed by atoms with Gasteiger partial charge in [0.1, 0.15) is 11.5 Å². The lowest BCUT2D eigenvalue weighted by Crippen LogP contribution is -2.47. The fourth-order valence-corrected chi connectivity index (χ4v) is 4.61. The molecular formula is C26H31N5O2. The third-order valence-corrected chi connectivity index (χ3v) is 6.55. The Kier molecular flexibility index (Phi) is 6.30. The number of methoxy groups -OCH3 is 2. The van der Waals surface area contributed by atoms with Crippen molar-refractivity contribution in [3.8, 4) is 11.5 Å². The van der Waals surface area contributed by atoms with E-state index >= 15 is 0 Å². The Labute approximate surface area is 195 Å². The summed E-state index contributed by atoms with van der Waals surface area (Å²) in [5.74, 6) is 2.66. The molecule has 2 aromatic carbocycles. The number of aromatic nitrogens is 2. The van der Waals surface area contributed by atoms with Gasteiger partial charge in [0.15, 0.2) is 0 Å². The van der Waals surface area contributed by atoms with E-state index in [0.717, 1.165) is 69.7 Å². The van der Waals surface area contributed by atoms with Crippen LogP contribution in [0.5, 0.6) is 11.5 Å². The van der Waals surface area contributed by atoms with Gasteiger partial charge in [0, 0.05) is 75.7 Å². The first kappa shape index (κ1) is 21.5. The summed E-state index contributed by atoms with van der Waals surface area (Å²) >= 11 is 0. The first-order valence-corrected chi connectivity index (χ1v) is 11.6. The second-order valence-corrected chi connectivity index (χ2v) is 8.63. The van der Waals surface area contributed by atoms with Gasteiger partial charge in [0.05, 0.1) is 19.9 Å². The number of piperazine rings is 1. The van der Waals surface area contributed by atoms with Gasteiger partial charge in [-0.25, -0.2) is 9.97 Å². The molecule has 3 aromatic rings. The highest BCUT2D eigenvalue weighted by molar-refractivity contribution is 5.52. The van der Waals surface area contributed by atoms with Gasteiger partial charge >= 0.3 is 0 Å². The van der Waals surface area contributed by atoms with Gasteiger partial charge in [-0.2, -0.15) is 0 Å². The van der Waals surface area contributed by atoms with E-state index in [0.29, 0.717) is 0 Å². The van der Waals surface area contributed by atoms with Crippen molar-refractivity contribution < 1.29 is 9.47 Å². The number of rotatable bonds is 6. The molecule has 0 radical (unpaired) electrons. The van der Waals surface area contributed by atoms with E-state index in [4.69, 9.17) is 19.4 Å². The molecule has 0 aliphatic carbocycles. The van der Waals surface area contributed by atoms with Crippen molar-refractivity contribution in [2.45, 2.75) is 19.5 Å². The van der Waals surface area contributed by atoms with Crippen LogP contribution in [0.4, 0.5) is 11.6 Å². The monoisotopic (exact) mass is 445 g/mol. The van der Waals surface area contributed by atoms with Gasteiger partial charge in [-0.05, 0) is 29.8 Å². The summed E-state index contributed by atoms with van der Waals surface area (Å²) in [5.41, 5.74) is 4.94. The highest BCUT2D eigenvalue weighted by Crippen LogP contribution is 2.25. The first-order chi connectivity index (χ1) is 16.2. The number of anilines is 2. The van der Waals surface area contributed by atoms with Crippen molar-refractivity contribution in [1.82, 2.24) is 14.9 Å². The molecule has 2 aliphatic rings. The van der Waals surface area contributed by atoms with Crippen molar-refractivity contribution in [1.29, 1.82) is 0 Å². The molecule has 0 bridgehead atoms. The van der Waals surface area contributed by atoms with Crippen LogP contribution in [0, 0.1) is 0 Å². The molecule has 3 heterocycles. The van der Waals surface area contributed by atoms with Crippen LogP contribution in [0.1, 0.15) is 16.8 Å². The molecule has 7 nitrogen and oxygen atoms in total. The van der Waals surface area contributed by atoms with E-state index in [2.05, 4.69) is 39.0 Å². The molecule has 1 fully saturated rings. The number of fused-ring (bicyclic) bond motifs is 1. The highest BCUT2D eigenvalue weighted by atomic mass is 16.5. The third kappa shape index (κ3) is 4.88. The van der Waals surface area contributed by atoms with E-state index < -0.39 is 0 Å². The zero-order valence-electron chi connectivity index (χ0n) is 19.4. The lowest BCUT2D eigenvalue weighted by atomic mass is 10.1.